The second-order valence-corrected chi connectivity index (χ2v) is 6.62. The summed E-state index contributed by atoms with van der Waals surface area (Å²) < 4.78 is 8.45. The van der Waals surface area contributed by atoms with Crippen LogP contribution < -0.4 is 10.4 Å². The van der Waals surface area contributed by atoms with Gasteiger partial charge in [-0.15, -0.1) is 0 Å². The van der Waals surface area contributed by atoms with Crippen molar-refractivity contribution >= 4 is 29.0 Å². The SMILES string of the molecule is COc1cccc(C(=O)Cn2cc(-c3ccc(Cl)c(Cl)c3)n(C)c2=N)c1. The Morgan fingerprint density at radius 2 is 1.92 bits per heavy atom. The molecule has 0 saturated heterocycles. The number of Topliss-reactive ketones (excluding diaryl/α,β-unsaturated/α-hetero) is 1. The first kappa shape index (κ1) is 18.3. The van der Waals surface area contributed by atoms with Gasteiger partial charge in [0.15, 0.2) is 5.78 Å². The lowest BCUT2D eigenvalue weighted by molar-refractivity contribution is 0.0970. The molecule has 0 atom stereocenters. The van der Waals surface area contributed by atoms with E-state index < -0.39 is 0 Å². The molecule has 5 nitrogen and oxygen atoms in total. The van der Waals surface area contributed by atoms with E-state index in [-0.39, 0.29) is 17.9 Å². The quantitative estimate of drug-likeness (QED) is 0.665. The summed E-state index contributed by atoms with van der Waals surface area (Å²) in [6.07, 6.45) is 1.76. The molecule has 0 spiro atoms. The lowest BCUT2D eigenvalue weighted by Crippen LogP contribution is -2.25. The van der Waals surface area contributed by atoms with Gasteiger partial charge in [-0.05, 0) is 24.3 Å². The summed E-state index contributed by atoms with van der Waals surface area (Å²) in [5, 5.41) is 9.20. The maximum Gasteiger partial charge on any atom is 0.202 e. The largest absolute Gasteiger partial charge is 0.497 e. The van der Waals surface area contributed by atoms with Crippen LogP contribution in [0, 0.1) is 5.41 Å². The van der Waals surface area contributed by atoms with Crippen LogP contribution >= 0.6 is 23.2 Å². The molecule has 0 radical (unpaired) electrons. The fourth-order valence-electron chi connectivity index (χ4n) is 2.69. The minimum Gasteiger partial charge on any atom is -0.497 e. The van der Waals surface area contributed by atoms with Crippen molar-refractivity contribution in [3.63, 3.8) is 0 Å². The van der Waals surface area contributed by atoms with E-state index in [0.29, 0.717) is 21.4 Å². The van der Waals surface area contributed by atoms with Gasteiger partial charge in [-0.2, -0.15) is 0 Å². The zero-order valence-corrected chi connectivity index (χ0v) is 15.8. The van der Waals surface area contributed by atoms with Crippen LogP contribution in [0.25, 0.3) is 11.3 Å². The number of carbonyl (C=O) groups is 1. The van der Waals surface area contributed by atoms with E-state index in [9.17, 15) is 4.79 Å². The Morgan fingerprint density at radius 1 is 1.15 bits per heavy atom. The highest BCUT2D eigenvalue weighted by molar-refractivity contribution is 6.42. The van der Waals surface area contributed by atoms with Crippen LogP contribution in [0.5, 0.6) is 5.75 Å². The van der Waals surface area contributed by atoms with Crippen LogP contribution in [-0.2, 0) is 13.6 Å². The van der Waals surface area contributed by atoms with Gasteiger partial charge >= 0.3 is 0 Å². The van der Waals surface area contributed by atoms with Crippen molar-refractivity contribution in [1.29, 1.82) is 5.41 Å². The number of rotatable bonds is 5. The number of hydrogen-bond donors (Lipinski definition) is 1. The number of halogens is 2. The van der Waals surface area contributed by atoms with Gasteiger partial charge in [0.1, 0.15) is 5.75 Å². The predicted molar refractivity (Wildman–Crippen MR) is 102 cm³/mol. The molecular weight excluding hydrogens is 373 g/mol. The molecule has 0 saturated carbocycles. The number of imidazole rings is 1. The topological polar surface area (TPSA) is 60.0 Å². The molecule has 1 heterocycles. The van der Waals surface area contributed by atoms with Crippen molar-refractivity contribution in [2.24, 2.45) is 7.05 Å². The Balaban J connectivity index is 1.93. The molecule has 26 heavy (non-hydrogen) atoms. The van der Waals surface area contributed by atoms with E-state index >= 15 is 0 Å². The van der Waals surface area contributed by atoms with Gasteiger partial charge in [0.25, 0.3) is 0 Å². The number of benzene rings is 2. The van der Waals surface area contributed by atoms with Gasteiger partial charge in [-0.3, -0.25) is 10.2 Å². The molecular formula is C19H17Cl2N3O2. The van der Waals surface area contributed by atoms with Crippen molar-refractivity contribution in [1.82, 2.24) is 9.13 Å². The Labute approximate surface area is 160 Å². The Morgan fingerprint density at radius 3 is 2.62 bits per heavy atom. The van der Waals surface area contributed by atoms with E-state index in [1.807, 2.05) is 6.07 Å². The maximum atomic E-state index is 12.6. The van der Waals surface area contributed by atoms with Crippen LogP contribution in [0.1, 0.15) is 10.4 Å². The number of methoxy groups -OCH3 is 1. The molecule has 2 aromatic carbocycles. The van der Waals surface area contributed by atoms with Gasteiger partial charge in [0, 0.05) is 24.4 Å². The van der Waals surface area contributed by atoms with Crippen LogP contribution in [0.3, 0.4) is 0 Å². The molecule has 3 aromatic rings. The first-order valence-electron chi connectivity index (χ1n) is 7.84. The zero-order valence-electron chi connectivity index (χ0n) is 14.3. The lowest BCUT2D eigenvalue weighted by Gasteiger charge is -2.04. The zero-order chi connectivity index (χ0) is 18.8. The van der Waals surface area contributed by atoms with Crippen molar-refractivity contribution < 1.29 is 9.53 Å². The number of ketones is 1. The first-order chi connectivity index (χ1) is 12.4. The first-order valence-corrected chi connectivity index (χ1v) is 8.59. The van der Waals surface area contributed by atoms with E-state index in [2.05, 4.69) is 0 Å². The molecule has 7 heteroatoms. The van der Waals surface area contributed by atoms with Crippen LogP contribution in [0.4, 0.5) is 0 Å². The van der Waals surface area contributed by atoms with E-state index in [1.165, 1.54) is 0 Å². The molecule has 1 aromatic heterocycles. The number of aromatic nitrogens is 2. The van der Waals surface area contributed by atoms with E-state index in [4.69, 9.17) is 33.3 Å². The van der Waals surface area contributed by atoms with Crippen molar-refractivity contribution in [3.05, 3.63) is 69.9 Å². The summed E-state index contributed by atoms with van der Waals surface area (Å²) in [6, 6.07) is 12.3. The highest BCUT2D eigenvalue weighted by Crippen LogP contribution is 2.28. The summed E-state index contributed by atoms with van der Waals surface area (Å²) in [5.41, 5.74) is 2.34. The molecule has 134 valence electrons. The fourth-order valence-corrected chi connectivity index (χ4v) is 2.99. The molecule has 0 aliphatic rings. The van der Waals surface area contributed by atoms with E-state index in [0.717, 1.165) is 11.3 Å². The predicted octanol–water partition coefficient (Wildman–Crippen LogP) is 4.17. The van der Waals surface area contributed by atoms with E-state index in [1.54, 1.807) is 65.9 Å². The van der Waals surface area contributed by atoms with Crippen LogP contribution in [0.2, 0.25) is 10.0 Å². The highest BCUT2D eigenvalue weighted by atomic mass is 35.5. The van der Waals surface area contributed by atoms with Crippen LogP contribution in [0.15, 0.2) is 48.7 Å². The third-order valence-electron chi connectivity index (χ3n) is 4.15. The number of hydrogen-bond acceptors (Lipinski definition) is 3. The molecule has 3 rings (SSSR count). The Bertz CT molecular complexity index is 1040. The number of nitrogens with one attached hydrogen (secondary N) is 1. The second-order valence-electron chi connectivity index (χ2n) is 5.81. The average Bonchev–Trinajstić information content (AvgIpc) is 2.92. The Kier molecular flexibility index (Phi) is 5.20. The molecule has 0 fully saturated rings. The minimum atomic E-state index is -0.103. The molecule has 0 bridgehead atoms. The molecule has 1 N–H and O–H groups in total. The molecule has 0 amide bonds. The third-order valence-corrected chi connectivity index (χ3v) is 4.89. The average molecular weight is 390 g/mol. The smallest absolute Gasteiger partial charge is 0.202 e. The van der Waals surface area contributed by atoms with Crippen LogP contribution in [-0.4, -0.2) is 22.0 Å². The molecule has 0 aliphatic carbocycles. The van der Waals surface area contributed by atoms with Crippen molar-refractivity contribution in [3.8, 4) is 17.0 Å². The van der Waals surface area contributed by atoms with Gasteiger partial charge in [-0.25, -0.2) is 0 Å². The summed E-state index contributed by atoms with van der Waals surface area (Å²) in [6.45, 7) is 0.0567. The molecule has 0 unspecified atom stereocenters. The maximum absolute atomic E-state index is 12.6. The van der Waals surface area contributed by atoms with Gasteiger partial charge in [0.05, 0.1) is 29.4 Å². The van der Waals surface area contributed by atoms with Gasteiger partial charge in [-0.1, -0.05) is 41.4 Å². The Hall–Kier alpha value is -2.50. The summed E-state index contributed by atoms with van der Waals surface area (Å²) in [4.78, 5) is 12.6. The monoisotopic (exact) mass is 389 g/mol. The highest BCUT2D eigenvalue weighted by Gasteiger charge is 2.13. The number of ether oxygens (including phenoxy) is 1. The standard InChI is InChI=1S/C19H17Cl2N3O2/c1-23-17(12-6-7-15(20)16(21)9-12)10-24(19(23)22)11-18(25)13-4-3-5-14(8-13)26-2/h3-10,22H,11H2,1-2H3. The number of nitrogens with zero attached hydrogens (tertiary/aromatic N) is 2. The summed E-state index contributed by atoms with van der Waals surface area (Å²) >= 11 is 12.1. The normalized spacial score (nSPS) is 10.8. The van der Waals surface area contributed by atoms with Crippen molar-refractivity contribution in [2.45, 2.75) is 6.54 Å². The summed E-state index contributed by atoms with van der Waals surface area (Å²) in [7, 11) is 3.33. The fraction of sp³-hybridized carbons (Fsp3) is 0.158. The minimum absolute atomic E-state index is 0.0567. The van der Waals surface area contributed by atoms with Gasteiger partial charge in [0.2, 0.25) is 5.62 Å². The lowest BCUT2D eigenvalue weighted by atomic mass is 10.1. The van der Waals surface area contributed by atoms with Crippen molar-refractivity contribution in [2.75, 3.05) is 7.11 Å². The number of carbonyl (C=O) groups excluding carboxylic acids is 1. The summed E-state index contributed by atoms with van der Waals surface area (Å²) in [5.74, 6) is 0.519. The third kappa shape index (κ3) is 3.54. The molecule has 0 aliphatic heterocycles. The second kappa shape index (κ2) is 7.40. The van der Waals surface area contributed by atoms with Gasteiger partial charge < -0.3 is 13.9 Å².